The Morgan fingerprint density at radius 2 is 2.19 bits per heavy atom. The van der Waals surface area contributed by atoms with Gasteiger partial charge >= 0.3 is 0 Å². The van der Waals surface area contributed by atoms with E-state index in [0.717, 1.165) is 17.5 Å². The summed E-state index contributed by atoms with van der Waals surface area (Å²) in [5.41, 5.74) is 1.91. The number of amides is 1. The fraction of sp³-hybridized carbons (Fsp3) is 0.474. The lowest BCUT2D eigenvalue weighted by Gasteiger charge is -2.32. The van der Waals surface area contributed by atoms with Crippen LogP contribution >= 0.6 is 11.3 Å². The number of rotatable bonds is 5. The minimum atomic E-state index is -0.345. The summed E-state index contributed by atoms with van der Waals surface area (Å²) in [5, 5.41) is 14.0. The number of amidine groups is 1. The second kappa shape index (κ2) is 7.53. The smallest absolute Gasteiger partial charge is 0.248 e. The lowest BCUT2D eigenvalue weighted by Crippen LogP contribution is -2.45. The van der Waals surface area contributed by atoms with Crippen molar-refractivity contribution in [2.24, 2.45) is 5.92 Å². The first kappa shape index (κ1) is 17.1. The lowest BCUT2D eigenvalue weighted by atomic mass is 9.84. The maximum Gasteiger partial charge on any atom is 0.248 e. The average Bonchev–Trinajstić information content (AvgIpc) is 3.29. The molecule has 1 amide bonds. The van der Waals surface area contributed by atoms with Crippen molar-refractivity contribution in [2.45, 2.75) is 51.1 Å². The molecule has 2 aliphatic rings. The Hall–Kier alpha value is -2.28. The minimum Gasteiger partial charge on any atom is -0.340 e. The first-order chi connectivity index (χ1) is 12.7. The SMILES string of the molecule is N=C1c2cnccc2CN1C(CC1CCCCC1)C(=O)Nc1nccs1. The standard InChI is InChI=1S/C19H23N5OS/c20-17-15-11-21-7-6-14(15)12-24(17)16(10-13-4-2-1-3-5-13)18(25)23-19-22-8-9-26-19/h6-9,11,13,16,20H,1-5,10,12H2,(H,22,23,25). The van der Waals surface area contributed by atoms with Gasteiger partial charge in [-0.05, 0) is 24.0 Å². The maximum atomic E-state index is 13.1. The average molecular weight is 369 g/mol. The number of thiazole rings is 1. The quantitative estimate of drug-likeness (QED) is 0.843. The van der Waals surface area contributed by atoms with Crippen LogP contribution in [-0.4, -0.2) is 32.7 Å². The van der Waals surface area contributed by atoms with E-state index < -0.39 is 0 Å². The molecule has 1 atom stereocenters. The number of carbonyl (C=O) groups is 1. The van der Waals surface area contributed by atoms with Gasteiger partial charge in [-0.2, -0.15) is 0 Å². The van der Waals surface area contributed by atoms with Gasteiger partial charge in [0.15, 0.2) is 5.13 Å². The molecule has 7 heteroatoms. The van der Waals surface area contributed by atoms with Crippen molar-refractivity contribution in [1.29, 1.82) is 5.41 Å². The van der Waals surface area contributed by atoms with Crippen LogP contribution < -0.4 is 5.32 Å². The number of aromatic nitrogens is 2. The summed E-state index contributed by atoms with van der Waals surface area (Å²) in [7, 11) is 0. The van der Waals surface area contributed by atoms with E-state index in [-0.39, 0.29) is 11.9 Å². The molecule has 6 nitrogen and oxygen atoms in total. The predicted octanol–water partition coefficient (Wildman–Crippen LogP) is 3.66. The first-order valence-electron chi connectivity index (χ1n) is 9.21. The summed E-state index contributed by atoms with van der Waals surface area (Å²) in [6.45, 7) is 0.597. The highest BCUT2D eigenvalue weighted by molar-refractivity contribution is 7.13. The van der Waals surface area contributed by atoms with Gasteiger partial charge in [-0.3, -0.25) is 15.2 Å². The number of nitrogens with one attached hydrogen (secondary N) is 2. The van der Waals surface area contributed by atoms with Gasteiger partial charge in [0.05, 0.1) is 0 Å². The molecule has 3 heterocycles. The Morgan fingerprint density at radius 1 is 1.35 bits per heavy atom. The number of hydrogen-bond donors (Lipinski definition) is 2. The highest BCUT2D eigenvalue weighted by atomic mass is 32.1. The Labute approximate surface area is 157 Å². The van der Waals surface area contributed by atoms with Crippen molar-refractivity contribution in [1.82, 2.24) is 14.9 Å². The van der Waals surface area contributed by atoms with Crippen LogP contribution in [0, 0.1) is 11.3 Å². The van der Waals surface area contributed by atoms with Gasteiger partial charge in [-0.1, -0.05) is 32.1 Å². The first-order valence-corrected chi connectivity index (χ1v) is 10.1. The molecular weight excluding hydrogens is 346 g/mol. The van der Waals surface area contributed by atoms with Crippen molar-refractivity contribution < 1.29 is 4.79 Å². The van der Waals surface area contributed by atoms with Crippen LogP contribution in [0.15, 0.2) is 30.0 Å². The van der Waals surface area contributed by atoms with E-state index in [1.54, 1.807) is 18.6 Å². The molecule has 0 aromatic carbocycles. The Balaban J connectivity index is 1.56. The van der Waals surface area contributed by atoms with Gasteiger partial charge in [0.25, 0.3) is 0 Å². The molecular formula is C19H23N5OS. The third kappa shape index (κ3) is 3.49. The van der Waals surface area contributed by atoms with Crippen LogP contribution in [0.4, 0.5) is 5.13 Å². The number of carbonyl (C=O) groups excluding carboxylic acids is 1. The number of fused-ring (bicyclic) bond motifs is 1. The zero-order valence-corrected chi connectivity index (χ0v) is 15.5. The van der Waals surface area contributed by atoms with Crippen molar-refractivity contribution >= 4 is 28.2 Å². The lowest BCUT2D eigenvalue weighted by molar-refractivity contribution is -0.120. The normalized spacial score (nSPS) is 18.6. The van der Waals surface area contributed by atoms with Crippen LogP contribution in [0.3, 0.4) is 0 Å². The predicted molar refractivity (Wildman–Crippen MR) is 102 cm³/mol. The number of pyridine rings is 1. The second-order valence-electron chi connectivity index (χ2n) is 7.09. The Morgan fingerprint density at radius 3 is 2.92 bits per heavy atom. The van der Waals surface area contributed by atoms with Crippen LogP contribution in [0.25, 0.3) is 0 Å². The highest BCUT2D eigenvalue weighted by Crippen LogP contribution is 2.32. The van der Waals surface area contributed by atoms with E-state index >= 15 is 0 Å². The molecule has 0 radical (unpaired) electrons. The molecule has 26 heavy (non-hydrogen) atoms. The number of hydrogen-bond acceptors (Lipinski definition) is 5. The number of nitrogens with zero attached hydrogens (tertiary/aromatic N) is 3. The summed E-state index contributed by atoms with van der Waals surface area (Å²) < 4.78 is 0. The molecule has 1 unspecified atom stereocenters. The molecule has 0 bridgehead atoms. The molecule has 1 saturated carbocycles. The molecule has 1 aliphatic carbocycles. The summed E-state index contributed by atoms with van der Waals surface area (Å²) in [4.78, 5) is 23.3. The third-order valence-electron chi connectivity index (χ3n) is 5.42. The molecule has 2 aromatic rings. The molecule has 4 rings (SSSR count). The van der Waals surface area contributed by atoms with E-state index in [1.165, 1.54) is 43.4 Å². The van der Waals surface area contributed by atoms with Crippen molar-refractivity contribution in [3.8, 4) is 0 Å². The Kier molecular flexibility index (Phi) is 4.97. The molecule has 136 valence electrons. The van der Waals surface area contributed by atoms with Crippen molar-refractivity contribution in [3.63, 3.8) is 0 Å². The minimum absolute atomic E-state index is 0.0592. The summed E-state index contributed by atoms with van der Waals surface area (Å²) in [6.07, 6.45) is 12.1. The largest absolute Gasteiger partial charge is 0.340 e. The second-order valence-corrected chi connectivity index (χ2v) is 7.99. The summed E-state index contributed by atoms with van der Waals surface area (Å²) in [6, 6.07) is 1.60. The maximum absolute atomic E-state index is 13.1. The molecule has 2 N–H and O–H groups in total. The third-order valence-corrected chi connectivity index (χ3v) is 6.11. The van der Waals surface area contributed by atoms with Crippen LogP contribution in [0.1, 0.15) is 49.7 Å². The van der Waals surface area contributed by atoms with Crippen LogP contribution in [0.5, 0.6) is 0 Å². The van der Waals surface area contributed by atoms with Gasteiger partial charge in [-0.25, -0.2) is 4.98 Å². The molecule has 0 saturated heterocycles. The molecule has 1 fully saturated rings. The van der Waals surface area contributed by atoms with Gasteiger partial charge < -0.3 is 10.2 Å². The van der Waals surface area contributed by atoms with E-state index in [0.29, 0.717) is 23.4 Å². The van der Waals surface area contributed by atoms with Gasteiger partial charge in [0.1, 0.15) is 11.9 Å². The van der Waals surface area contributed by atoms with Gasteiger partial charge in [0.2, 0.25) is 5.91 Å². The van der Waals surface area contributed by atoms with Crippen LogP contribution in [-0.2, 0) is 11.3 Å². The Bertz CT molecular complexity index is 785. The van der Waals surface area contributed by atoms with Crippen molar-refractivity contribution in [3.05, 3.63) is 41.2 Å². The monoisotopic (exact) mass is 369 g/mol. The fourth-order valence-electron chi connectivity index (χ4n) is 4.05. The van der Waals surface area contributed by atoms with Gasteiger partial charge in [0, 0.05) is 36.1 Å². The summed E-state index contributed by atoms with van der Waals surface area (Å²) in [5.74, 6) is 0.893. The van der Waals surface area contributed by atoms with E-state index in [2.05, 4.69) is 15.3 Å². The molecule has 1 aliphatic heterocycles. The van der Waals surface area contributed by atoms with Gasteiger partial charge in [-0.15, -0.1) is 11.3 Å². The van der Waals surface area contributed by atoms with E-state index in [9.17, 15) is 4.79 Å². The highest BCUT2D eigenvalue weighted by Gasteiger charge is 2.36. The zero-order chi connectivity index (χ0) is 17.9. The fourth-order valence-corrected chi connectivity index (χ4v) is 4.58. The topological polar surface area (TPSA) is 82.0 Å². The van der Waals surface area contributed by atoms with Crippen LogP contribution in [0.2, 0.25) is 0 Å². The zero-order valence-electron chi connectivity index (χ0n) is 14.6. The summed E-state index contributed by atoms with van der Waals surface area (Å²) >= 11 is 1.42. The number of anilines is 1. The van der Waals surface area contributed by atoms with E-state index in [1.807, 2.05) is 16.3 Å². The van der Waals surface area contributed by atoms with Crippen molar-refractivity contribution in [2.75, 3.05) is 5.32 Å². The van der Waals surface area contributed by atoms with E-state index in [4.69, 9.17) is 5.41 Å². The molecule has 0 spiro atoms. The molecule has 2 aromatic heterocycles.